The Balaban J connectivity index is 3.22. The molecule has 1 N–H and O–H groups in total. The van der Waals surface area contributed by atoms with E-state index in [0.29, 0.717) is 11.1 Å². The van der Waals surface area contributed by atoms with Crippen LogP contribution in [0.1, 0.15) is 37.8 Å². The molecule has 2 nitrogen and oxygen atoms in total. The van der Waals surface area contributed by atoms with Gasteiger partial charge in [0, 0.05) is 0 Å². The Labute approximate surface area is 95.1 Å². The lowest BCUT2D eigenvalue weighted by atomic mass is 9.76. The summed E-state index contributed by atoms with van der Waals surface area (Å²) in [4.78, 5) is 11.2. The second kappa shape index (κ2) is 4.24. The van der Waals surface area contributed by atoms with Crippen LogP contribution in [0, 0.1) is 18.2 Å². The van der Waals surface area contributed by atoms with Crippen LogP contribution in [0.3, 0.4) is 0 Å². The number of halogens is 1. The first-order chi connectivity index (χ1) is 7.23. The molecule has 88 valence electrons. The lowest BCUT2D eigenvalue weighted by Crippen LogP contribution is -2.26. The van der Waals surface area contributed by atoms with Gasteiger partial charge in [-0.25, -0.2) is 4.39 Å². The van der Waals surface area contributed by atoms with Gasteiger partial charge in [0.2, 0.25) is 0 Å². The Morgan fingerprint density at radius 3 is 2.31 bits per heavy atom. The first kappa shape index (κ1) is 12.7. The van der Waals surface area contributed by atoms with Crippen molar-refractivity contribution in [3.63, 3.8) is 0 Å². The summed E-state index contributed by atoms with van der Waals surface area (Å²) < 4.78 is 13.1. The Morgan fingerprint density at radius 1 is 1.38 bits per heavy atom. The second-order valence-corrected chi connectivity index (χ2v) is 5.15. The minimum absolute atomic E-state index is 0.304. The van der Waals surface area contributed by atoms with Gasteiger partial charge in [-0.15, -0.1) is 0 Å². The number of aliphatic carboxylic acids is 1. The van der Waals surface area contributed by atoms with Gasteiger partial charge in [0.1, 0.15) is 5.82 Å². The number of carboxylic acid groups (broad SMARTS) is 1. The molecular weight excluding hydrogens is 207 g/mol. The predicted molar refractivity (Wildman–Crippen MR) is 61.0 cm³/mol. The molecule has 0 radical (unpaired) electrons. The molecule has 1 aromatic carbocycles. The quantitative estimate of drug-likeness (QED) is 0.836. The molecule has 16 heavy (non-hydrogen) atoms. The summed E-state index contributed by atoms with van der Waals surface area (Å²) >= 11 is 0. The smallest absolute Gasteiger partial charge is 0.311 e. The fraction of sp³-hybridized carbons (Fsp3) is 0.462. The summed E-state index contributed by atoms with van der Waals surface area (Å²) in [6.07, 6.45) is 0. The molecule has 0 aromatic heterocycles. The highest BCUT2D eigenvalue weighted by Gasteiger charge is 2.32. The molecule has 1 atom stereocenters. The van der Waals surface area contributed by atoms with Crippen molar-refractivity contribution in [3.8, 4) is 0 Å². The molecule has 0 spiro atoms. The lowest BCUT2D eigenvalue weighted by Gasteiger charge is -2.27. The molecule has 1 unspecified atom stereocenters. The molecule has 0 aliphatic carbocycles. The van der Waals surface area contributed by atoms with Crippen LogP contribution in [0.15, 0.2) is 18.2 Å². The zero-order valence-corrected chi connectivity index (χ0v) is 10.0. The van der Waals surface area contributed by atoms with Crippen LogP contribution in [0.2, 0.25) is 0 Å². The fourth-order valence-electron chi connectivity index (χ4n) is 1.86. The van der Waals surface area contributed by atoms with Gasteiger partial charge in [-0.05, 0) is 29.5 Å². The molecule has 0 saturated carbocycles. The summed E-state index contributed by atoms with van der Waals surface area (Å²) in [5.41, 5.74) is 0.739. The highest BCUT2D eigenvalue weighted by atomic mass is 19.1. The Hall–Kier alpha value is -1.38. The van der Waals surface area contributed by atoms with Gasteiger partial charge in [0.25, 0.3) is 0 Å². The Bertz CT molecular complexity index is 405. The standard InChI is InChI=1S/C13H17FO2/c1-8-7-9(5-6-10(8)14)11(12(15)16)13(2,3)4/h5-7,11H,1-4H3,(H,15,16). The van der Waals surface area contributed by atoms with Crippen LogP contribution in [-0.4, -0.2) is 11.1 Å². The number of aryl methyl sites for hydroxylation is 1. The summed E-state index contributed by atoms with van der Waals surface area (Å²) in [5.74, 6) is -1.80. The first-order valence-corrected chi connectivity index (χ1v) is 5.22. The average molecular weight is 224 g/mol. The van der Waals surface area contributed by atoms with Gasteiger partial charge in [-0.2, -0.15) is 0 Å². The highest BCUT2D eigenvalue weighted by molar-refractivity contribution is 5.77. The van der Waals surface area contributed by atoms with Crippen LogP contribution >= 0.6 is 0 Å². The fourth-order valence-corrected chi connectivity index (χ4v) is 1.86. The van der Waals surface area contributed by atoms with Crippen LogP contribution in [0.25, 0.3) is 0 Å². The molecule has 0 fully saturated rings. The molecule has 0 saturated heterocycles. The van der Waals surface area contributed by atoms with Crippen molar-refractivity contribution in [2.45, 2.75) is 33.6 Å². The van der Waals surface area contributed by atoms with Crippen molar-refractivity contribution < 1.29 is 14.3 Å². The topological polar surface area (TPSA) is 37.3 Å². The molecule has 0 aliphatic heterocycles. The van der Waals surface area contributed by atoms with Crippen molar-refractivity contribution in [2.75, 3.05) is 0 Å². The van der Waals surface area contributed by atoms with E-state index in [1.807, 2.05) is 20.8 Å². The second-order valence-electron chi connectivity index (χ2n) is 5.15. The van der Waals surface area contributed by atoms with Crippen molar-refractivity contribution in [3.05, 3.63) is 35.1 Å². The molecule has 1 rings (SSSR count). The van der Waals surface area contributed by atoms with E-state index < -0.39 is 17.3 Å². The third kappa shape index (κ3) is 2.60. The minimum Gasteiger partial charge on any atom is -0.481 e. The summed E-state index contributed by atoms with van der Waals surface area (Å²) in [6, 6.07) is 4.48. The molecule has 0 aliphatic rings. The van der Waals surface area contributed by atoms with E-state index >= 15 is 0 Å². The van der Waals surface area contributed by atoms with Gasteiger partial charge < -0.3 is 5.11 Å². The number of carbonyl (C=O) groups is 1. The van der Waals surface area contributed by atoms with E-state index in [-0.39, 0.29) is 5.82 Å². The number of carboxylic acids is 1. The summed E-state index contributed by atoms with van der Waals surface area (Å²) in [6.45, 7) is 7.24. The Kier molecular flexibility index (Phi) is 3.36. The monoisotopic (exact) mass is 224 g/mol. The van der Waals surface area contributed by atoms with Gasteiger partial charge in [0.05, 0.1) is 5.92 Å². The first-order valence-electron chi connectivity index (χ1n) is 5.22. The SMILES string of the molecule is Cc1cc(C(C(=O)O)C(C)(C)C)ccc1F. The molecule has 1 aromatic rings. The number of hydrogen-bond donors (Lipinski definition) is 1. The maximum absolute atomic E-state index is 13.1. The number of benzene rings is 1. The highest BCUT2D eigenvalue weighted by Crippen LogP contribution is 2.35. The van der Waals surface area contributed by atoms with Crippen LogP contribution in [0.5, 0.6) is 0 Å². The van der Waals surface area contributed by atoms with E-state index in [1.165, 1.54) is 6.07 Å². The van der Waals surface area contributed by atoms with E-state index in [0.717, 1.165) is 0 Å². The van der Waals surface area contributed by atoms with Gasteiger partial charge in [-0.3, -0.25) is 4.79 Å². The summed E-state index contributed by atoms with van der Waals surface area (Å²) in [5, 5.41) is 9.23. The number of hydrogen-bond acceptors (Lipinski definition) is 1. The summed E-state index contributed by atoms with van der Waals surface area (Å²) in [7, 11) is 0. The van der Waals surface area contributed by atoms with Crippen molar-refractivity contribution >= 4 is 5.97 Å². The third-order valence-electron chi connectivity index (χ3n) is 2.63. The van der Waals surface area contributed by atoms with Gasteiger partial charge in [0.15, 0.2) is 0 Å². The maximum Gasteiger partial charge on any atom is 0.311 e. The van der Waals surface area contributed by atoms with E-state index in [2.05, 4.69) is 0 Å². The molecule has 0 heterocycles. The van der Waals surface area contributed by atoms with Crippen LogP contribution in [0.4, 0.5) is 4.39 Å². The van der Waals surface area contributed by atoms with Crippen molar-refractivity contribution in [1.82, 2.24) is 0 Å². The van der Waals surface area contributed by atoms with E-state index in [4.69, 9.17) is 0 Å². The van der Waals surface area contributed by atoms with Crippen molar-refractivity contribution in [2.24, 2.45) is 5.41 Å². The number of rotatable bonds is 2. The van der Waals surface area contributed by atoms with E-state index in [9.17, 15) is 14.3 Å². The van der Waals surface area contributed by atoms with Gasteiger partial charge in [-0.1, -0.05) is 32.9 Å². The average Bonchev–Trinajstić information content (AvgIpc) is 2.08. The largest absolute Gasteiger partial charge is 0.481 e. The minimum atomic E-state index is -0.876. The maximum atomic E-state index is 13.1. The zero-order valence-electron chi connectivity index (χ0n) is 10.0. The lowest BCUT2D eigenvalue weighted by molar-refractivity contribution is -0.141. The van der Waals surface area contributed by atoms with Crippen molar-refractivity contribution in [1.29, 1.82) is 0 Å². The van der Waals surface area contributed by atoms with Crippen LogP contribution in [-0.2, 0) is 4.79 Å². The normalized spacial score (nSPS) is 13.6. The van der Waals surface area contributed by atoms with Crippen LogP contribution < -0.4 is 0 Å². The molecule has 0 amide bonds. The molecule has 0 bridgehead atoms. The molecule has 3 heteroatoms. The molecular formula is C13H17FO2. The Morgan fingerprint density at radius 2 is 1.94 bits per heavy atom. The zero-order chi connectivity index (χ0) is 12.5. The van der Waals surface area contributed by atoms with Gasteiger partial charge >= 0.3 is 5.97 Å². The van der Waals surface area contributed by atoms with E-state index in [1.54, 1.807) is 19.1 Å². The predicted octanol–water partition coefficient (Wildman–Crippen LogP) is 3.35. The third-order valence-corrected chi connectivity index (χ3v) is 2.63.